The van der Waals surface area contributed by atoms with Crippen LogP contribution in [0, 0.1) is 33.3 Å². The number of sulfonamides is 1. The van der Waals surface area contributed by atoms with E-state index < -0.39 is 43.4 Å². The molecule has 6 heterocycles. The van der Waals surface area contributed by atoms with Crippen molar-refractivity contribution >= 4 is 84.8 Å². The lowest BCUT2D eigenvalue weighted by molar-refractivity contribution is -0.384. The van der Waals surface area contributed by atoms with Crippen LogP contribution in [0.15, 0.2) is 114 Å². The van der Waals surface area contributed by atoms with Crippen LogP contribution in [0.25, 0.3) is 16.6 Å². The molecule has 1 aliphatic carbocycles. The maximum absolute atomic E-state index is 14.2. The topological polar surface area (TPSA) is 250 Å². The van der Waals surface area contributed by atoms with Crippen LogP contribution in [0.4, 0.5) is 17.1 Å². The largest absolute Gasteiger partial charge is 0.455 e. The molecule has 4 aromatic carbocycles. The number of nitro benzene ring substituents is 1. The number of carbonyl (C=O) groups is 5. The maximum atomic E-state index is 14.2. The van der Waals surface area contributed by atoms with Gasteiger partial charge in [-0.05, 0) is 134 Å². The summed E-state index contributed by atoms with van der Waals surface area (Å²) < 4.78 is 36.5. The summed E-state index contributed by atoms with van der Waals surface area (Å²) in [6.45, 7) is 9.92. The number of pyridine rings is 1. The highest BCUT2D eigenvalue weighted by molar-refractivity contribution is 7.90. The quantitative estimate of drug-likeness (QED) is 0.0218. The van der Waals surface area contributed by atoms with Crippen LogP contribution in [0.1, 0.15) is 115 Å². The highest BCUT2D eigenvalue weighted by Crippen LogP contribution is 2.44. The molecule has 2 aromatic heterocycles. The number of aromatic amines is 1. The molecule has 4 aliphatic heterocycles. The van der Waals surface area contributed by atoms with Crippen molar-refractivity contribution < 1.29 is 42.1 Å². The number of benzene rings is 4. The minimum atomic E-state index is -4.68. The average molecular weight is 1200 g/mol. The first kappa shape index (κ1) is 59.2. The van der Waals surface area contributed by atoms with Crippen LogP contribution in [-0.2, 0) is 31.0 Å². The fourth-order valence-electron chi connectivity index (χ4n) is 12.3. The van der Waals surface area contributed by atoms with Gasteiger partial charge in [0.15, 0.2) is 0 Å². The molecule has 5 amide bonds. The molecule has 0 radical (unpaired) electrons. The molecule has 446 valence electrons. The molecule has 0 spiro atoms. The summed E-state index contributed by atoms with van der Waals surface area (Å²) in [6, 6.07) is 24.7. The molecule has 3 fully saturated rings. The molecule has 6 aromatic rings. The number of likely N-dealkylation sites (tertiary alicyclic amines) is 1. The Morgan fingerprint density at radius 1 is 0.953 bits per heavy atom. The summed E-state index contributed by atoms with van der Waals surface area (Å²) in [5.74, 6) is 4.48. The summed E-state index contributed by atoms with van der Waals surface area (Å²) in [5, 5.41) is 19.4. The molecule has 86 heavy (non-hydrogen) atoms. The van der Waals surface area contributed by atoms with Crippen molar-refractivity contribution in [2.24, 2.45) is 11.3 Å². The highest BCUT2D eigenvalue weighted by atomic mass is 35.5. The smallest absolute Gasteiger partial charge is 0.293 e. The van der Waals surface area contributed by atoms with Gasteiger partial charge in [-0.25, -0.2) is 18.1 Å². The van der Waals surface area contributed by atoms with Crippen molar-refractivity contribution in [3.8, 4) is 23.3 Å². The number of piperidine rings is 2. The third kappa shape index (κ3) is 13.4. The minimum Gasteiger partial charge on any atom is -0.455 e. The van der Waals surface area contributed by atoms with Crippen molar-refractivity contribution in [2.45, 2.75) is 95.5 Å². The van der Waals surface area contributed by atoms with E-state index in [9.17, 15) is 42.5 Å². The Kier molecular flexibility index (Phi) is 17.3. The first-order chi connectivity index (χ1) is 41.3. The van der Waals surface area contributed by atoms with Gasteiger partial charge in [0.1, 0.15) is 28.9 Å². The second-order valence-corrected chi connectivity index (χ2v) is 25.7. The van der Waals surface area contributed by atoms with Crippen molar-refractivity contribution in [3.63, 3.8) is 0 Å². The molecule has 22 heteroatoms. The summed E-state index contributed by atoms with van der Waals surface area (Å²) in [4.78, 5) is 91.8. The van der Waals surface area contributed by atoms with Gasteiger partial charge in [0.05, 0.1) is 21.6 Å². The average Bonchev–Trinajstić information content (AvgIpc) is 2.32. The number of amides is 5. The van der Waals surface area contributed by atoms with Crippen LogP contribution in [0.2, 0.25) is 5.02 Å². The van der Waals surface area contributed by atoms with Gasteiger partial charge in [0.2, 0.25) is 17.7 Å². The molecular weight excluding hydrogens is 1140 g/mol. The third-order valence-corrected chi connectivity index (χ3v) is 18.6. The molecule has 4 N–H and O–H groups in total. The van der Waals surface area contributed by atoms with E-state index in [-0.39, 0.29) is 78.4 Å². The molecular formula is C64H67ClN10O10S. The number of piperazine rings is 1. The predicted molar refractivity (Wildman–Crippen MR) is 326 cm³/mol. The number of carbonyl (C=O) groups excluding carboxylic acids is 5. The fraction of sp³-hybridized carbons (Fsp3) is 0.375. The standard InChI is InChI=1S/C64H67ClN10O10S/c1-64(2)25-23-45(52(35-64)43-13-15-46(65)16-14-43)39-71-28-30-72(31-29-71)47-17-19-51(57(33-47)85-48-32-44-24-26-66-60(44)68-37-48)61(78)70-86(83,84)49-18-20-54(56(34-49)75(81)82)67-36-41-8-7-27-73(38-41)59(77)12-5-3-4-9-42-10-6-11-50-53(42)40-74(63(50)80)55-21-22-58(76)69-62(55)79/h6,10-11,13-20,24,26,32-34,37,41,55,67H,3,5,7-8,12,21-23,25,27-31,35-36,38-40H2,1-2H3,(H,66,68)(H,70,78)(H,69,76,79). The van der Waals surface area contributed by atoms with Crippen LogP contribution in [0.5, 0.6) is 11.5 Å². The van der Waals surface area contributed by atoms with Crippen molar-refractivity contribution in [3.05, 3.63) is 152 Å². The molecule has 3 saturated heterocycles. The fourth-order valence-corrected chi connectivity index (χ4v) is 13.4. The molecule has 2 atom stereocenters. The monoisotopic (exact) mass is 1200 g/mol. The maximum Gasteiger partial charge on any atom is 0.293 e. The summed E-state index contributed by atoms with van der Waals surface area (Å²) in [5.41, 5.74) is 7.02. The number of fused-ring (bicyclic) bond motifs is 2. The van der Waals surface area contributed by atoms with Gasteiger partial charge in [0, 0.05) is 124 Å². The van der Waals surface area contributed by atoms with Gasteiger partial charge >= 0.3 is 0 Å². The Balaban J connectivity index is 0.705. The number of ether oxygens (including phenoxy) is 1. The normalized spacial score (nSPS) is 19.0. The predicted octanol–water partition coefficient (Wildman–Crippen LogP) is 9.45. The van der Waals surface area contributed by atoms with Crippen LogP contribution in [-0.4, -0.2) is 126 Å². The molecule has 0 saturated carbocycles. The number of imide groups is 1. The van der Waals surface area contributed by atoms with E-state index in [0.29, 0.717) is 66.6 Å². The summed E-state index contributed by atoms with van der Waals surface area (Å²) >= 11 is 6.27. The van der Waals surface area contributed by atoms with Crippen LogP contribution >= 0.6 is 11.6 Å². The van der Waals surface area contributed by atoms with Crippen molar-refractivity contribution in [1.29, 1.82) is 0 Å². The zero-order chi connectivity index (χ0) is 60.3. The van der Waals surface area contributed by atoms with Crippen molar-refractivity contribution in [2.75, 3.05) is 62.6 Å². The number of hydrogen-bond donors (Lipinski definition) is 4. The highest BCUT2D eigenvalue weighted by Gasteiger charge is 2.40. The number of H-pyrrole nitrogens is 1. The lowest BCUT2D eigenvalue weighted by Gasteiger charge is -2.39. The SMILES string of the molecule is CC1(C)CCC(CN2CCN(c3ccc(C(=O)NS(=O)(=O)c4ccc(NCC5CCCN(C(=O)CCCC#Cc6cccc7c6CN(C6CCC(=O)NC6=O)C7=O)C5)c([N+](=O)[O-])c4)c(Oc4cnc5[nH]ccc5c4)c3)CC2)=C(c2ccc(Cl)cc2)C1. The lowest BCUT2D eigenvalue weighted by Crippen LogP contribution is -2.52. The van der Waals surface area contributed by atoms with Crippen molar-refractivity contribution in [1.82, 2.24) is 34.7 Å². The molecule has 0 bridgehead atoms. The second-order valence-electron chi connectivity index (χ2n) is 23.5. The molecule has 11 rings (SSSR count). The number of allylic oxidation sites excluding steroid dienone is 1. The molecule has 2 unspecified atom stereocenters. The number of rotatable bonds is 17. The lowest BCUT2D eigenvalue weighted by atomic mass is 9.72. The zero-order valence-corrected chi connectivity index (χ0v) is 49.5. The van der Waals surface area contributed by atoms with E-state index >= 15 is 0 Å². The van der Waals surface area contributed by atoms with Gasteiger partial charge in [-0.2, -0.15) is 0 Å². The Hall–Kier alpha value is -8.58. The number of nitro groups is 1. The number of hydrogen-bond acceptors (Lipinski definition) is 14. The first-order valence-corrected chi connectivity index (χ1v) is 31.0. The number of nitrogens with one attached hydrogen (secondary N) is 4. The Morgan fingerprint density at radius 2 is 1.77 bits per heavy atom. The third-order valence-electron chi connectivity index (χ3n) is 17.0. The molecule has 20 nitrogen and oxygen atoms in total. The number of anilines is 2. The number of aromatic nitrogens is 2. The Bertz CT molecular complexity index is 3880. The first-order valence-electron chi connectivity index (χ1n) is 29.2. The van der Waals surface area contributed by atoms with Gasteiger partial charge in [0.25, 0.3) is 27.5 Å². The van der Waals surface area contributed by atoms with Gasteiger partial charge < -0.3 is 29.7 Å². The number of nitrogens with zero attached hydrogens (tertiary/aromatic N) is 6. The second kappa shape index (κ2) is 25.2. The van der Waals surface area contributed by atoms with Crippen LogP contribution < -0.4 is 25.0 Å². The minimum absolute atomic E-state index is 0.0402. The van der Waals surface area contributed by atoms with E-state index in [1.165, 1.54) is 46.0 Å². The molecule has 5 aliphatic rings. The zero-order valence-electron chi connectivity index (χ0n) is 48.0. The van der Waals surface area contributed by atoms with E-state index in [4.69, 9.17) is 16.3 Å². The number of unbranched alkanes of at least 4 members (excludes halogenated alkanes) is 1. The van der Waals surface area contributed by atoms with Crippen LogP contribution in [0.3, 0.4) is 0 Å². The Morgan fingerprint density at radius 3 is 2.56 bits per heavy atom. The van der Waals surface area contributed by atoms with Gasteiger partial charge in [-0.15, -0.1) is 0 Å². The number of halogens is 1. The van der Waals surface area contributed by atoms with E-state index in [2.05, 4.69) is 72.9 Å². The summed E-state index contributed by atoms with van der Waals surface area (Å²) in [7, 11) is -4.68. The van der Waals surface area contributed by atoms with E-state index in [1.54, 1.807) is 41.4 Å². The van der Waals surface area contributed by atoms with Gasteiger partial charge in [-0.1, -0.05) is 61.1 Å². The van der Waals surface area contributed by atoms with E-state index in [0.717, 1.165) is 74.4 Å². The Labute approximate surface area is 503 Å². The van der Waals surface area contributed by atoms with E-state index in [1.807, 2.05) is 24.3 Å². The van der Waals surface area contributed by atoms with Gasteiger partial charge in [-0.3, -0.25) is 44.3 Å². The summed E-state index contributed by atoms with van der Waals surface area (Å²) in [6.07, 6.45) is 9.46.